The number of carbonyl (C=O) groups excluding carboxylic acids is 1. The third-order valence-corrected chi connectivity index (χ3v) is 6.85. The number of rotatable bonds is 10. The number of nitrogens with two attached hydrogens (primary N) is 1. The summed E-state index contributed by atoms with van der Waals surface area (Å²) >= 11 is 1.31. The smallest absolute Gasteiger partial charge is 0.300 e. The van der Waals surface area contributed by atoms with Gasteiger partial charge in [-0.3, -0.25) is 9.59 Å². The van der Waals surface area contributed by atoms with Gasteiger partial charge in [-0.2, -0.15) is 10.1 Å². The van der Waals surface area contributed by atoms with Crippen LogP contribution in [0.5, 0.6) is 17.2 Å². The number of carbonyl (C=O) groups is 1. The average Bonchev–Trinajstić information content (AvgIpc) is 3.36. The van der Waals surface area contributed by atoms with Gasteiger partial charge in [0.05, 0.1) is 19.4 Å². The van der Waals surface area contributed by atoms with E-state index >= 15 is 0 Å². The lowest BCUT2D eigenvalue weighted by Gasteiger charge is -2.18. The number of benzene rings is 3. The van der Waals surface area contributed by atoms with E-state index in [1.807, 2.05) is 48.7 Å². The molecule has 1 atom stereocenters. The highest BCUT2D eigenvalue weighted by Crippen LogP contribution is 2.35. The maximum Gasteiger partial charge on any atom is 0.300 e. The molecule has 2 aromatic heterocycles. The summed E-state index contributed by atoms with van der Waals surface area (Å²) in [4.78, 5) is 29.6. The minimum atomic E-state index is -0.874. The standard InChI is InChI=1S/C29H26N4O5S/c1-3-37-21-12-9-19(10-13-21)26-28(35)31-29-33(32-26)22(17-39-29)20-11-14-23(24(16-20)36-2)38-25(27(30)34)15-18-7-5-4-6-8-18/h4-14,16-17,25H,3,15H2,1-2H3,(H2,30,34). The topological polar surface area (TPSA) is 118 Å². The van der Waals surface area contributed by atoms with E-state index in [0.717, 1.165) is 16.8 Å². The van der Waals surface area contributed by atoms with Crippen LogP contribution in [0.25, 0.3) is 27.5 Å². The van der Waals surface area contributed by atoms with Gasteiger partial charge in [-0.05, 0) is 55.0 Å². The van der Waals surface area contributed by atoms with Gasteiger partial charge in [-0.1, -0.05) is 30.3 Å². The molecule has 3 aromatic carbocycles. The van der Waals surface area contributed by atoms with Crippen LogP contribution < -0.4 is 25.5 Å². The molecule has 1 unspecified atom stereocenters. The van der Waals surface area contributed by atoms with Crippen LogP contribution in [0, 0.1) is 0 Å². The van der Waals surface area contributed by atoms with Crippen LogP contribution in [0.4, 0.5) is 0 Å². The number of thiazole rings is 1. The van der Waals surface area contributed by atoms with E-state index in [1.165, 1.54) is 18.4 Å². The number of nitrogens with zero attached hydrogens (tertiary/aromatic N) is 3. The first kappa shape index (κ1) is 25.9. The molecule has 0 saturated heterocycles. The van der Waals surface area contributed by atoms with Gasteiger partial charge in [0.1, 0.15) is 5.75 Å². The van der Waals surface area contributed by atoms with Crippen molar-refractivity contribution in [1.29, 1.82) is 0 Å². The number of primary amides is 1. The number of hydrogen-bond donors (Lipinski definition) is 1. The summed E-state index contributed by atoms with van der Waals surface area (Å²) in [6.07, 6.45) is -0.547. The lowest BCUT2D eigenvalue weighted by atomic mass is 10.1. The Morgan fingerprint density at radius 2 is 1.77 bits per heavy atom. The summed E-state index contributed by atoms with van der Waals surface area (Å²) < 4.78 is 18.7. The minimum absolute atomic E-state index is 0.229. The van der Waals surface area contributed by atoms with Gasteiger partial charge in [0.2, 0.25) is 4.96 Å². The highest BCUT2D eigenvalue weighted by atomic mass is 32.1. The highest BCUT2D eigenvalue weighted by molar-refractivity contribution is 7.15. The lowest BCUT2D eigenvalue weighted by molar-refractivity contribution is -0.124. The number of hydrogen-bond acceptors (Lipinski definition) is 8. The maximum atomic E-state index is 12.7. The summed E-state index contributed by atoms with van der Waals surface area (Å²) in [6.45, 7) is 2.46. The van der Waals surface area contributed by atoms with Gasteiger partial charge in [0.15, 0.2) is 23.3 Å². The van der Waals surface area contributed by atoms with Crippen LogP contribution in [0.15, 0.2) is 83.0 Å². The molecule has 0 aliphatic rings. The molecular weight excluding hydrogens is 516 g/mol. The number of ether oxygens (including phenoxy) is 3. The lowest BCUT2D eigenvalue weighted by Crippen LogP contribution is -2.35. The van der Waals surface area contributed by atoms with E-state index in [9.17, 15) is 9.59 Å². The fourth-order valence-corrected chi connectivity index (χ4v) is 4.95. The fraction of sp³-hybridized carbons (Fsp3) is 0.172. The second-order valence-electron chi connectivity index (χ2n) is 8.60. The molecule has 0 spiro atoms. The zero-order valence-corrected chi connectivity index (χ0v) is 22.2. The van der Waals surface area contributed by atoms with E-state index in [-0.39, 0.29) is 5.69 Å². The summed E-state index contributed by atoms with van der Waals surface area (Å²) in [5.74, 6) is 0.943. The van der Waals surface area contributed by atoms with Gasteiger partial charge in [-0.25, -0.2) is 4.52 Å². The molecule has 10 heteroatoms. The Morgan fingerprint density at radius 3 is 2.46 bits per heavy atom. The van der Waals surface area contributed by atoms with Crippen LogP contribution in [0.3, 0.4) is 0 Å². The van der Waals surface area contributed by atoms with Gasteiger partial charge < -0.3 is 19.9 Å². The fourth-order valence-electron chi connectivity index (χ4n) is 4.12. The number of methoxy groups -OCH3 is 1. The molecule has 39 heavy (non-hydrogen) atoms. The number of amides is 1. The monoisotopic (exact) mass is 542 g/mol. The quantitative estimate of drug-likeness (QED) is 0.278. The summed E-state index contributed by atoms with van der Waals surface area (Å²) in [6, 6.07) is 22.0. The van der Waals surface area contributed by atoms with Crippen LogP contribution in [-0.2, 0) is 11.2 Å². The molecule has 9 nitrogen and oxygen atoms in total. The van der Waals surface area contributed by atoms with E-state index in [4.69, 9.17) is 19.9 Å². The molecule has 2 heterocycles. The van der Waals surface area contributed by atoms with Gasteiger partial charge in [0, 0.05) is 22.9 Å². The van der Waals surface area contributed by atoms with Crippen LogP contribution in [-0.4, -0.2) is 40.3 Å². The zero-order chi connectivity index (χ0) is 27.4. The Labute approximate surface area is 228 Å². The molecule has 198 valence electrons. The SMILES string of the molecule is CCOc1ccc(-c2nn3c(-c4ccc(OC(Cc5ccccc5)C(N)=O)c(OC)c4)csc3nc2=O)cc1. The van der Waals surface area contributed by atoms with E-state index < -0.39 is 17.6 Å². The van der Waals surface area contributed by atoms with Gasteiger partial charge in [0.25, 0.3) is 5.91 Å². The third kappa shape index (κ3) is 5.60. The molecule has 0 saturated carbocycles. The summed E-state index contributed by atoms with van der Waals surface area (Å²) in [5.41, 5.74) is 8.50. The molecule has 0 radical (unpaired) electrons. The first-order valence-corrected chi connectivity index (χ1v) is 13.1. The first-order chi connectivity index (χ1) is 19.0. The van der Waals surface area contributed by atoms with Crippen molar-refractivity contribution in [2.45, 2.75) is 19.4 Å². The normalized spacial score (nSPS) is 11.7. The first-order valence-electron chi connectivity index (χ1n) is 12.3. The highest BCUT2D eigenvalue weighted by Gasteiger charge is 2.21. The van der Waals surface area contributed by atoms with Crippen molar-refractivity contribution in [3.8, 4) is 39.8 Å². The maximum absolute atomic E-state index is 12.7. The van der Waals surface area contributed by atoms with E-state index in [0.29, 0.717) is 40.8 Å². The third-order valence-electron chi connectivity index (χ3n) is 6.03. The van der Waals surface area contributed by atoms with Crippen LogP contribution >= 0.6 is 11.3 Å². The zero-order valence-electron chi connectivity index (χ0n) is 21.4. The second-order valence-corrected chi connectivity index (χ2v) is 9.44. The van der Waals surface area contributed by atoms with Crippen molar-refractivity contribution in [3.63, 3.8) is 0 Å². The molecule has 0 aliphatic heterocycles. The Kier molecular flexibility index (Phi) is 7.55. The molecule has 5 aromatic rings. The largest absolute Gasteiger partial charge is 0.494 e. The molecule has 1 amide bonds. The van der Waals surface area contributed by atoms with Crippen molar-refractivity contribution in [1.82, 2.24) is 14.6 Å². The minimum Gasteiger partial charge on any atom is -0.494 e. The Hall–Kier alpha value is -4.70. The van der Waals surface area contributed by atoms with Crippen molar-refractivity contribution >= 4 is 22.2 Å². The van der Waals surface area contributed by atoms with Crippen molar-refractivity contribution in [2.75, 3.05) is 13.7 Å². The van der Waals surface area contributed by atoms with E-state index in [2.05, 4.69) is 10.1 Å². The number of aromatic nitrogens is 3. The molecule has 2 N–H and O–H groups in total. The summed E-state index contributed by atoms with van der Waals surface area (Å²) in [7, 11) is 1.52. The van der Waals surface area contributed by atoms with E-state index in [1.54, 1.807) is 40.9 Å². The van der Waals surface area contributed by atoms with Crippen molar-refractivity contribution in [2.24, 2.45) is 5.73 Å². The van der Waals surface area contributed by atoms with Gasteiger partial charge >= 0.3 is 5.56 Å². The van der Waals surface area contributed by atoms with Crippen LogP contribution in [0.2, 0.25) is 0 Å². The van der Waals surface area contributed by atoms with Crippen molar-refractivity contribution in [3.05, 3.63) is 94.1 Å². The molecular formula is C29H26N4O5S. The predicted molar refractivity (Wildman–Crippen MR) is 149 cm³/mol. The van der Waals surface area contributed by atoms with Crippen LogP contribution in [0.1, 0.15) is 12.5 Å². The number of fused-ring (bicyclic) bond motifs is 1. The molecule has 0 bridgehead atoms. The van der Waals surface area contributed by atoms with Gasteiger partial charge in [-0.15, -0.1) is 11.3 Å². The Balaban J connectivity index is 1.47. The Bertz CT molecular complexity index is 1670. The second kappa shape index (κ2) is 11.4. The average molecular weight is 543 g/mol. The summed E-state index contributed by atoms with van der Waals surface area (Å²) in [5, 5.41) is 6.50. The predicted octanol–water partition coefficient (Wildman–Crippen LogP) is 4.37. The Morgan fingerprint density at radius 1 is 1.03 bits per heavy atom. The molecule has 5 rings (SSSR count). The van der Waals surface area contributed by atoms with Crippen molar-refractivity contribution < 1.29 is 19.0 Å². The molecule has 0 aliphatic carbocycles. The molecule has 0 fully saturated rings.